The maximum Gasteiger partial charge on any atom is 0.234 e. The van der Waals surface area contributed by atoms with Crippen LogP contribution in [0.5, 0.6) is 0 Å². The van der Waals surface area contributed by atoms with Crippen LogP contribution >= 0.6 is 0 Å². The van der Waals surface area contributed by atoms with Crippen LogP contribution in [-0.2, 0) is 4.79 Å². The molecular weight excluding hydrogens is 226 g/mol. The first-order chi connectivity index (χ1) is 8.31. The first-order valence-electron chi connectivity index (χ1n) is 6.96. The largest absolute Gasteiger partial charge is 0.352 e. The summed E-state index contributed by atoms with van der Waals surface area (Å²) in [7, 11) is 4.13. The van der Waals surface area contributed by atoms with Gasteiger partial charge in [0, 0.05) is 12.6 Å². The summed E-state index contributed by atoms with van der Waals surface area (Å²) >= 11 is 0. The van der Waals surface area contributed by atoms with Crippen LogP contribution in [0.2, 0.25) is 0 Å². The van der Waals surface area contributed by atoms with Gasteiger partial charge in [0.15, 0.2) is 0 Å². The standard InChI is InChI=1S/C14H29N3O/c1-11(14(2,3)10-17(4)5)16-13(18)9-15-8-12-6-7-12/h11-12,15H,6-10H2,1-5H3,(H,16,18). The van der Waals surface area contributed by atoms with Crippen molar-refractivity contribution in [3.8, 4) is 0 Å². The highest BCUT2D eigenvalue weighted by molar-refractivity contribution is 5.78. The summed E-state index contributed by atoms with van der Waals surface area (Å²) in [4.78, 5) is 14.0. The minimum absolute atomic E-state index is 0.0790. The maximum absolute atomic E-state index is 11.8. The van der Waals surface area contributed by atoms with Gasteiger partial charge >= 0.3 is 0 Å². The maximum atomic E-state index is 11.8. The predicted octanol–water partition coefficient (Wildman–Crippen LogP) is 1.08. The summed E-state index contributed by atoms with van der Waals surface area (Å²) in [5.74, 6) is 0.926. The highest BCUT2D eigenvalue weighted by atomic mass is 16.2. The van der Waals surface area contributed by atoms with Gasteiger partial charge in [-0.2, -0.15) is 0 Å². The van der Waals surface area contributed by atoms with E-state index in [-0.39, 0.29) is 17.4 Å². The van der Waals surface area contributed by atoms with Gasteiger partial charge in [-0.1, -0.05) is 13.8 Å². The Morgan fingerprint density at radius 3 is 2.50 bits per heavy atom. The molecule has 1 atom stereocenters. The molecule has 2 N–H and O–H groups in total. The SMILES string of the molecule is CC(NC(=O)CNCC1CC1)C(C)(C)CN(C)C. The third kappa shape index (κ3) is 5.83. The van der Waals surface area contributed by atoms with Crippen molar-refractivity contribution in [2.45, 2.75) is 39.7 Å². The van der Waals surface area contributed by atoms with Crippen LogP contribution in [0, 0.1) is 11.3 Å². The molecule has 0 aromatic carbocycles. The van der Waals surface area contributed by atoms with E-state index in [1.165, 1.54) is 12.8 Å². The molecule has 0 heterocycles. The summed E-state index contributed by atoms with van der Waals surface area (Å²) < 4.78 is 0. The van der Waals surface area contributed by atoms with Crippen molar-refractivity contribution >= 4 is 5.91 Å². The molecule has 0 aromatic heterocycles. The number of carbonyl (C=O) groups excluding carboxylic acids is 1. The first-order valence-corrected chi connectivity index (χ1v) is 6.96. The molecule has 0 spiro atoms. The molecule has 1 amide bonds. The van der Waals surface area contributed by atoms with Gasteiger partial charge in [-0.25, -0.2) is 0 Å². The molecule has 1 rings (SSSR count). The van der Waals surface area contributed by atoms with Crippen molar-refractivity contribution in [1.29, 1.82) is 0 Å². The van der Waals surface area contributed by atoms with Crippen molar-refractivity contribution in [3.05, 3.63) is 0 Å². The van der Waals surface area contributed by atoms with Gasteiger partial charge in [-0.15, -0.1) is 0 Å². The summed E-state index contributed by atoms with van der Waals surface area (Å²) in [6.45, 7) is 8.86. The lowest BCUT2D eigenvalue weighted by Gasteiger charge is -2.34. The van der Waals surface area contributed by atoms with E-state index in [1.54, 1.807) is 0 Å². The van der Waals surface area contributed by atoms with Crippen LogP contribution < -0.4 is 10.6 Å². The molecule has 1 aliphatic rings. The van der Waals surface area contributed by atoms with E-state index >= 15 is 0 Å². The molecule has 1 fully saturated rings. The van der Waals surface area contributed by atoms with Crippen molar-refractivity contribution in [2.24, 2.45) is 11.3 Å². The van der Waals surface area contributed by atoms with Crippen LogP contribution in [0.15, 0.2) is 0 Å². The Balaban J connectivity index is 2.23. The quantitative estimate of drug-likeness (QED) is 0.682. The Morgan fingerprint density at radius 2 is 2.00 bits per heavy atom. The normalized spacial score (nSPS) is 17.9. The molecular formula is C14H29N3O. The van der Waals surface area contributed by atoms with Crippen LogP contribution in [0.4, 0.5) is 0 Å². The van der Waals surface area contributed by atoms with Gasteiger partial charge < -0.3 is 15.5 Å². The lowest BCUT2D eigenvalue weighted by molar-refractivity contribution is -0.121. The van der Waals surface area contributed by atoms with Crippen molar-refractivity contribution < 1.29 is 4.79 Å². The van der Waals surface area contributed by atoms with Crippen LogP contribution in [0.3, 0.4) is 0 Å². The zero-order valence-electron chi connectivity index (χ0n) is 12.5. The van der Waals surface area contributed by atoms with E-state index in [0.29, 0.717) is 6.54 Å². The first kappa shape index (κ1) is 15.4. The second-order valence-electron chi connectivity index (χ2n) is 6.59. The lowest BCUT2D eigenvalue weighted by Crippen LogP contribution is -2.49. The van der Waals surface area contributed by atoms with E-state index in [4.69, 9.17) is 0 Å². The molecule has 106 valence electrons. The Bertz CT molecular complexity index is 272. The third-order valence-electron chi connectivity index (χ3n) is 3.69. The van der Waals surface area contributed by atoms with Gasteiger partial charge in [0.25, 0.3) is 0 Å². The molecule has 1 saturated carbocycles. The number of rotatable bonds is 8. The van der Waals surface area contributed by atoms with E-state index in [2.05, 4.69) is 50.4 Å². The number of amides is 1. The molecule has 18 heavy (non-hydrogen) atoms. The molecule has 0 aliphatic heterocycles. The second-order valence-corrected chi connectivity index (χ2v) is 6.59. The van der Waals surface area contributed by atoms with Gasteiger partial charge in [0.05, 0.1) is 6.54 Å². The summed E-state index contributed by atoms with van der Waals surface area (Å²) in [6.07, 6.45) is 2.64. The van der Waals surface area contributed by atoms with E-state index in [0.717, 1.165) is 19.0 Å². The molecule has 0 aromatic rings. The zero-order chi connectivity index (χ0) is 13.8. The van der Waals surface area contributed by atoms with Gasteiger partial charge in [-0.3, -0.25) is 4.79 Å². The zero-order valence-corrected chi connectivity index (χ0v) is 12.5. The Kier molecular flexibility index (Phi) is 5.60. The predicted molar refractivity (Wildman–Crippen MR) is 75.5 cm³/mol. The van der Waals surface area contributed by atoms with E-state index in [9.17, 15) is 4.79 Å². The number of nitrogens with zero attached hydrogens (tertiary/aromatic N) is 1. The van der Waals surface area contributed by atoms with Gasteiger partial charge in [0.2, 0.25) is 5.91 Å². The average molecular weight is 255 g/mol. The number of hydrogen-bond acceptors (Lipinski definition) is 3. The fraction of sp³-hybridized carbons (Fsp3) is 0.929. The van der Waals surface area contributed by atoms with Crippen molar-refractivity contribution in [1.82, 2.24) is 15.5 Å². The van der Waals surface area contributed by atoms with Gasteiger partial charge in [0.1, 0.15) is 0 Å². The number of hydrogen-bond donors (Lipinski definition) is 2. The molecule has 1 unspecified atom stereocenters. The molecule has 4 heteroatoms. The monoisotopic (exact) mass is 255 g/mol. The highest BCUT2D eigenvalue weighted by Gasteiger charge is 2.27. The minimum atomic E-state index is 0.0790. The number of nitrogens with one attached hydrogen (secondary N) is 2. The van der Waals surface area contributed by atoms with E-state index in [1.807, 2.05) is 0 Å². The highest BCUT2D eigenvalue weighted by Crippen LogP contribution is 2.27. The molecule has 4 nitrogen and oxygen atoms in total. The Hall–Kier alpha value is -0.610. The Labute approximate surface area is 111 Å². The van der Waals surface area contributed by atoms with E-state index < -0.39 is 0 Å². The topological polar surface area (TPSA) is 44.4 Å². The fourth-order valence-electron chi connectivity index (χ4n) is 2.15. The van der Waals surface area contributed by atoms with Crippen LogP contribution in [-0.4, -0.2) is 50.6 Å². The Morgan fingerprint density at radius 1 is 1.39 bits per heavy atom. The second kappa shape index (κ2) is 6.53. The van der Waals surface area contributed by atoms with Crippen molar-refractivity contribution in [3.63, 3.8) is 0 Å². The average Bonchev–Trinajstić information content (AvgIpc) is 2.99. The molecule has 0 radical (unpaired) electrons. The third-order valence-corrected chi connectivity index (χ3v) is 3.69. The van der Waals surface area contributed by atoms with Crippen LogP contribution in [0.25, 0.3) is 0 Å². The summed E-state index contributed by atoms with van der Waals surface area (Å²) in [5, 5.41) is 6.31. The van der Waals surface area contributed by atoms with Gasteiger partial charge in [-0.05, 0) is 51.7 Å². The summed E-state index contributed by atoms with van der Waals surface area (Å²) in [5.41, 5.74) is 0.0790. The summed E-state index contributed by atoms with van der Waals surface area (Å²) in [6, 6.07) is 0.176. The smallest absolute Gasteiger partial charge is 0.234 e. The number of carbonyl (C=O) groups is 1. The van der Waals surface area contributed by atoms with Crippen molar-refractivity contribution in [2.75, 3.05) is 33.7 Å². The minimum Gasteiger partial charge on any atom is -0.352 e. The lowest BCUT2D eigenvalue weighted by atomic mass is 9.85. The molecule has 1 aliphatic carbocycles. The molecule has 0 saturated heterocycles. The fourth-order valence-corrected chi connectivity index (χ4v) is 2.15. The van der Waals surface area contributed by atoms with Crippen LogP contribution in [0.1, 0.15) is 33.6 Å². The molecule has 0 bridgehead atoms.